The fourth-order valence-electron chi connectivity index (χ4n) is 2.13. The number of nitrogens with two attached hydrogens (primary N) is 1. The highest BCUT2D eigenvalue weighted by Crippen LogP contribution is 2.29. The van der Waals surface area contributed by atoms with E-state index < -0.39 is 0 Å². The molecular weight excluding hydrogens is 270 g/mol. The van der Waals surface area contributed by atoms with Crippen LogP contribution in [0.1, 0.15) is 5.56 Å². The molecule has 0 radical (unpaired) electrons. The van der Waals surface area contributed by atoms with Gasteiger partial charge in [0, 0.05) is 23.2 Å². The van der Waals surface area contributed by atoms with Crippen LogP contribution in [0.5, 0.6) is 5.75 Å². The fourth-order valence-corrected chi connectivity index (χ4v) is 2.89. The van der Waals surface area contributed by atoms with Crippen molar-refractivity contribution in [2.24, 2.45) is 0 Å². The lowest BCUT2D eigenvalue weighted by atomic mass is 10.1. The summed E-state index contributed by atoms with van der Waals surface area (Å²) < 4.78 is 9.76. The first-order valence-electron chi connectivity index (χ1n) is 6.28. The lowest BCUT2D eigenvalue weighted by Gasteiger charge is -2.10. The number of benzene rings is 2. The number of nitrogens with zero attached hydrogens (tertiary/aromatic N) is 1. The zero-order chi connectivity index (χ0) is 13.9. The zero-order valence-electron chi connectivity index (χ0n) is 11.1. The van der Waals surface area contributed by atoms with Crippen LogP contribution < -0.4 is 15.8 Å². The Balaban J connectivity index is 1.84. The first kappa shape index (κ1) is 12.7. The Hall–Kier alpha value is -2.27. The topological polar surface area (TPSA) is 60.2 Å². The van der Waals surface area contributed by atoms with Crippen molar-refractivity contribution in [2.75, 3.05) is 18.2 Å². The molecule has 0 amide bonds. The van der Waals surface area contributed by atoms with Crippen LogP contribution in [-0.4, -0.2) is 11.5 Å². The summed E-state index contributed by atoms with van der Waals surface area (Å²) in [7, 11) is 1.66. The van der Waals surface area contributed by atoms with Gasteiger partial charge in [-0.05, 0) is 41.9 Å². The smallest absolute Gasteiger partial charge is 0.123 e. The minimum absolute atomic E-state index is 0.653. The van der Waals surface area contributed by atoms with Gasteiger partial charge in [-0.3, -0.25) is 0 Å². The molecule has 0 saturated heterocycles. The second-order valence-corrected chi connectivity index (χ2v) is 5.23. The Bertz CT molecular complexity index is 739. The maximum Gasteiger partial charge on any atom is 0.123 e. The maximum absolute atomic E-state index is 5.83. The number of ether oxygens (including phenoxy) is 1. The van der Waals surface area contributed by atoms with Crippen LogP contribution in [0, 0.1) is 0 Å². The Labute approximate surface area is 121 Å². The van der Waals surface area contributed by atoms with Crippen molar-refractivity contribution in [3.05, 3.63) is 48.0 Å². The molecular formula is C15H15N3OS. The van der Waals surface area contributed by atoms with Crippen molar-refractivity contribution in [3.8, 4) is 5.75 Å². The summed E-state index contributed by atoms with van der Waals surface area (Å²) in [6.07, 6.45) is 0. The minimum Gasteiger partial charge on any atom is -0.496 e. The monoisotopic (exact) mass is 285 g/mol. The van der Waals surface area contributed by atoms with Gasteiger partial charge in [-0.25, -0.2) is 0 Å². The highest BCUT2D eigenvalue weighted by atomic mass is 32.1. The minimum atomic E-state index is 0.653. The lowest BCUT2D eigenvalue weighted by molar-refractivity contribution is 0.410. The third-order valence-electron chi connectivity index (χ3n) is 3.13. The highest BCUT2D eigenvalue weighted by molar-refractivity contribution is 7.11. The second kappa shape index (κ2) is 5.38. The third-order valence-corrected chi connectivity index (χ3v) is 3.96. The van der Waals surface area contributed by atoms with Crippen LogP contribution in [0.25, 0.3) is 10.9 Å². The fraction of sp³-hybridized carbons (Fsp3) is 0.133. The first-order valence-corrected chi connectivity index (χ1v) is 7.06. The van der Waals surface area contributed by atoms with E-state index in [-0.39, 0.29) is 0 Å². The summed E-state index contributed by atoms with van der Waals surface area (Å²) in [5.74, 6) is 0.834. The molecule has 0 spiro atoms. The molecule has 0 atom stereocenters. The van der Waals surface area contributed by atoms with Gasteiger partial charge >= 0.3 is 0 Å². The Kier molecular flexibility index (Phi) is 3.43. The Morgan fingerprint density at radius 1 is 1.25 bits per heavy atom. The molecule has 2 aromatic carbocycles. The van der Waals surface area contributed by atoms with Crippen molar-refractivity contribution in [1.29, 1.82) is 0 Å². The molecule has 4 nitrogen and oxygen atoms in total. The molecule has 1 aromatic heterocycles. The van der Waals surface area contributed by atoms with E-state index in [0.717, 1.165) is 32.9 Å². The van der Waals surface area contributed by atoms with Gasteiger partial charge in [0.15, 0.2) is 0 Å². The first-order chi connectivity index (χ1) is 9.78. The lowest BCUT2D eigenvalue weighted by Crippen LogP contribution is -2.01. The number of nitrogens with one attached hydrogen (secondary N) is 1. The van der Waals surface area contributed by atoms with Gasteiger partial charge in [0.05, 0.1) is 12.6 Å². The number of fused-ring (bicyclic) bond motifs is 1. The summed E-state index contributed by atoms with van der Waals surface area (Å²) in [6, 6.07) is 13.7. The van der Waals surface area contributed by atoms with Crippen LogP contribution in [0.3, 0.4) is 0 Å². The van der Waals surface area contributed by atoms with Crippen LogP contribution in [0.15, 0.2) is 42.5 Å². The van der Waals surface area contributed by atoms with Gasteiger partial charge in [0.2, 0.25) is 0 Å². The number of nitrogen functional groups attached to an aromatic ring is 1. The Morgan fingerprint density at radius 2 is 2.10 bits per heavy atom. The molecule has 0 bridgehead atoms. The predicted molar refractivity (Wildman–Crippen MR) is 84.4 cm³/mol. The molecule has 3 rings (SSSR count). The van der Waals surface area contributed by atoms with Gasteiger partial charge in [0.1, 0.15) is 10.8 Å². The largest absolute Gasteiger partial charge is 0.496 e. The number of hydrogen-bond donors (Lipinski definition) is 2. The highest BCUT2D eigenvalue weighted by Gasteiger charge is 2.07. The quantitative estimate of drug-likeness (QED) is 0.720. The summed E-state index contributed by atoms with van der Waals surface area (Å²) in [4.78, 5) is 0. The summed E-state index contributed by atoms with van der Waals surface area (Å²) in [5.41, 5.74) is 8.61. The van der Waals surface area contributed by atoms with Crippen molar-refractivity contribution in [1.82, 2.24) is 4.37 Å². The van der Waals surface area contributed by atoms with E-state index in [0.29, 0.717) is 6.54 Å². The molecule has 1 heterocycles. The molecule has 0 aliphatic carbocycles. The molecule has 3 N–H and O–H groups in total. The number of anilines is 2. The zero-order valence-corrected chi connectivity index (χ0v) is 11.9. The van der Waals surface area contributed by atoms with Gasteiger partial charge in [0.25, 0.3) is 0 Å². The van der Waals surface area contributed by atoms with Crippen LogP contribution in [-0.2, 0) is 6.54 Å². The van der Waals surface area contributed by atoms with Crippen molar-refractivity contribution in [2.45, 2.75) is 6.54 Å². The van der Waals surface area contributed by atoms with Crippen LogP contribution >= 0.6 is 11.5 Å². The molecule has 20 heavy (non-hydrogen) atoms. The summed E-state index contributed by atoms with van der Waals surface area (Å²) in [5, 5.41) is 5.61. The number of methoxy groups -OCH3 is 1. The van der Waals surface area contributed by atoms with Crippen LogP contribution in [0.2, 0.25) is 0 Å². The van der Waals surface area contributed by atoms with E-state index in [1.165, 1.54) is 11.5 Å². The Morgan fingerprint density at radius 3 is 2.95 bits per heavy atom. The molecule has 0 saturated carbocycles. The van der Waals surface area contributed by atoms with E-state index in [1.807, 2.05) is 36.4 Å². The van der Waals surface area contributed by atoms with Crippen molar-refractivity contribution in [3.63, 3.8) is 0 Å². The number of aromatic nitrogens is 1. The van der Waals surface area contributed by atoms with Gasteiger partial charge in [-0.15, -0.1) is 0 Å². The average molecular weight is 285 g/mol. The molecule has 102 valence electrons. The molecule has 0 fully saturated rings. The van der Waals surface area contributed by atoms with Gasteiger partial charge < -0.3 is 15.8 Å². The van der Waals surface area contributed by atoms with E-state index >= 15 is 0 Å². The van der Waals surface area contributed by atoms with E-state index in [1.54, 1.807) is 7.11 Å². The average Bonchev–Trinajstić information content (AvgIpc) is 2.88. The van der Waals surface area contributed by atoms with Crippen molar-refractivity contribution < 1.29 is 4.74 Å². The maximum atomic E-state index is 5.83. The molecule has 3 aromatic rings. The number of rotatable bonds is 4. The second-order valence-electron chi connectivity index (χ2n) is 4.45. The molecule has 0 aliphatic rings. The van der Waals surface area contributed by atoms with E-state index in [2.05, 4.69) is 15.8 Å². The molecule has 0 aliphatic heterocycles. The molecule has 5 heteroatoms. The standard InChI is InChI=1S/C15H15N3OS/c1-19-14-7-6-11(16)8-10(14)9-17-15-12-4-2-3-5-13(12)18-20-15/h2-8,17H,9,16H2,1H3. The summed E-state index contributed by atoms with van der Waals surface area (Å²) >= 11 is 1.47. The SMILES string of the molecule is COc1ccc(N)cc1CNc1snc2ccccc12. The normalized spacial score (nSPS) is 10.7. The predicted octanol–water partition coefficient (Wildman–Crippen LogP) is 3.50. The summed E-state index contributed by atoms with van der Waals surface area (Å²) in [6.45, 7) is 0.653. The van der Waals surface area contributed by atoms with Gasteiger partial charge in [-0.1, -0.05) is 12.1 Å². The van der Waals surface area contributed by atoms with E-state index in [9.17, 15) is 0 Å². The van der Waals surface area contributed by atoms with Crippen molar-refractivity contribution >= 4 is 33.1 Å². The third kappa shape index (κ3) is 2.40. The van der Waals surface area contributed by atoms with Crippen LogP contribution in [0.4, 0.5) is 10.7 Å². The van der Waals surface area contributed by atoms with E-state index in [4.69, 9.17) is 10.5 Å². The van der Waals surface area contributed by atoms with Gasteiger partial charge in [-0.2, -0.15) is 4.37 Å². The number of hydrogen-bond acceptors (Lipinski definition) is 5. The molecule has 0 unspecified atom stereocenters.